The minimum atomic E-state index is -4.43. The molecule has 0 aromatic heterocycles. The van der Waals surface area contributed by atoms with Crippen LogP contribution in [0.15, 0.2) is 53.0 Å². The molecule has 0 spiro atoms. The van der Waals surface area contributed by atoms with E-state index in [-0.39, 0.29) is 0 Å². The third-order valence-corrected chi connectivity index (χ3v) is 6.00. The number of aliphatic hydroxyl groups is 1. The molecule has 0 saturated heterocycles. The highest BCUT2D eigenvalue weighted by molar-refractivity contribution is 9.10. The largest absolute Gasteiger partial charge is 0.416 e. The van der Waals surface area contributed by atoms with Crippen LogP contribution in [0.2, 0.25) is 0 Å². The quantitative estimate of drug-likeness (QED) is 0.638. The van der Waals surface area contributed by atoms with Crippen molar-refractivity contribution in [3.63, 3.8) is 0 Å². The summed E-state index contributed by atoms with van der Waals surface area (Å²) in [4.78, 5) is 1.71. The van der Waals surface area contributed by atoms with Gasteiger partial charge in [0.05, 0.1) is 12.1 Å². The van der Waals surface area contributed by atoms with Crippen molar-refractivity contribution < 1.29 is 22.9 Å². The number of hydrogen-bond acceptors (Lipinski definition) is 2. The van der Waals surface area contributed by atoms with Gasteiger partial charge in [-0.2, -0.15) is 18.1 Å². The van der Waals surface area contributed by atoms with Gasteiger partial charge in [0.25, 0.3) is 11.6 Å². The Labute approximate surface area is 170 Å². The Hall–Kier alpha value is -1.86. The van der Waals surface area contributed by atoms with E-state index in [1.807, 2.05) is 24.3 Å². The minimum Gasteiger partial charge on any atom is -0.346 e. The van der Waals surface area contributed by atoms with Crippen LogP contribution in [0.4, 0.5) is 18.9 Å². The average molecular weight is 454 g/mol. The lowest BCUT2D eigenvalue weighted by atomic mass is 9.99. The number of halogens is 4. The highest BCUT2D eigenvalue weighted by atomic mass is 79.9. The van der Waals surface area contributed by atoms with Crippen LogP contribution in [0.1, 0.15) is 36.8 Å². The van der Waals surface area contributed by atoms with Crippen LogP contribution in [-0.2, 0) is 11.9 Å². The fraction of sp³-hybridized carbons (Fsp3) is 0.381. The van der Waals surface area contributed by atoms with Crippen molar-refractivity contribution in [2.45, 2.75) is 37.6 Å². The second-order valence-corrected chi connectivity index (χ2v) is 8.27. The topological polar surface area (TPSA) is 26.5 Å². The lowest BCUT2D eigenvalue weighted by molar-refractivity contribution is -0.534. The summed E-state index contributed by atoms with van der Waals surface area (Å²) >= 11 is 3.40. The molecule has 7 heteroatoms. The van der Waals surface area contributed by atoms with Crippen molar-refractivity contribution in [2.24, 2.45) is 0 Å². The average Bonchev–Trinajstić information content (AvgIpc) is 2.78. The van der Waals surface area contributed by atoms with Crippen LogP contribution in [-0.4, -0.2) is 28.6 Å². The van der Waals surface area contributed by atoms with Gasteiger partial charge >= 0.3 is 6.18 Å². The van der Waals surface area contributed by atoms with Crippen LogP contribution >= 0.6 is 15.9 Å². The summed E-state index contributed by atoms with van der Waals surface area (Å²) in [6.07, 6.45) is -0.657. The van der Waals surface area contributed by atoms with Gasteiger partial charge in [0.15, 0.2) is 6.54 Å². The van der Waals surface area contributed by atoms with Gasteiger partial charge in [0.1, 0.15) is 5.69 Å². The predicted molar refractivity (Wildman–Crippen MR) is 105 cm³/mol. The van der Waals surface area contributed by atoms with Crippen molar-refractivity contribution >= 4 is 27.5 Å². The third kappa shape index (κ3) is 3.46. The van der Waals surface area contributed by atoms with Crippen LogP contribution in [0.3, 0.4) is 0 Å². The number of amidine groups is 1. The first-order valence-electron chi connectivity index (χ1n) is 9.36. The number of alkyl halides is 3. The maximum absolute atomic E-state index is 13.3. The summed E-state index contributed by atoms with van der Waals surface area (Å²) in [5.41, 5.74) is -1.11. The summed E-state index contributed by atoms with van der Waals surface area (Å²) in [6.45, 7) is 1.13. The Bertz CT molecular complexity index is 911. The van der Waals surface area contributed by atoms with E-state index in [4.69, 9.17) is 0 Å². The molecule has 0 amide bonds. The summed E-state index contributed by atoms with van der Waals surface area (Å²) in [5, 5.41) is 11.7. The second-order valence-electron chi connectivity index (χ2n) is 7.36. The fourth-order valence-corrected chi connectivity index (χ4v) is 4.41. The summed E-state index contributed by atoms with van der Waals surface area (Å²) in [5.74, 6) is 0.891. The van der Waals surface area contributed by atoms with E-state index in [1.54, 1.807) is 11.0 Å². The first-order chi connectivity index (χ1) is 13.3. The van der Waals surface area contributed by atoms with E-state index in [2.05, 4.69) is 20.5 Å². The highest BCUT2D eigenvalue weighted by Gasteiger charge is 2.54. The van der Waals surface area contributed by atoms with Crippen molar-refractivity contribution in [1.29, 1.82) is 0 Å². The first kappa shape index (κ1) is 19.5. The van der Waals surface area contributed by atoms with E-state index >= 15 is 0 Å². The second kappa shape index (κ2) is 7.19. The maximum atomic E-state index is 13.3. The molecule has 0 unspecified atom stereocenters. The van der Waals surface area contributed by atoms with Gasteiger partial charge in [0.2, 0.25) is 0 Å². The Balaban J connectivity index is 1.85. The van der Waals surface area contributed by atoms with E-state index in [9.17, 15) is 18.3 Å². The molecule has 2 aliphatic heterocycles. The molecule has 0 radical (unpaired) electrons. The zero-order valence-corrected chi connectivity index (χ0v) is 16.8. The van der Waals surface area contributed by atoms with Crippen molar-refractivity contribution in [1.82, 2.24) is 0 Å². The molecule has 0 aliphatic carbocycles. The van der Waals surface area contributed by atoms with Gasteiger partial charge in [-0.1, -0.05) is 34.1 Å². The number of nitrogens with zero attached hydrogens (tertiary/aromatic N) is 2. The number of anilines is 1. The molecular weight excluding hydrogens is 433 g/mol. The first-order valence-corrected chi connectivity index (χ1v) is 10.1. The van der Waals surface area contributed by atoms with Gasteiger partial charge in [0, 0.05) is 16.5 Å². The molecule has 2 aromatic rings. The van der Waals surface area contributed by atoms with Gasteiger partial charge in [-0.05, 0) is 49.6 Å². The predicted octanol–water partition coefficient (Wildman–Crippen LogP) is 5.12. The molecule has 1 N–H and O–H groups in total. The van der Waals surface area contributed by atoms with Crippen LogP contribution in [0, 0.1) is 0 Å². The van der Waals surface area contributed by atoms with Gasteiger partial charge in [-0.25, -0.2) is 0 Å². The molecule has 0 fully saturated rings. The number of rotatable bonds is 2. The van der Waals surface area contributed by atoms with Crippen LogP contribution < -0.4 is 4.90 Å². The molecular formula is C21H21BrF3N2O+. The highest BCUT2D eigenvalue weighted by Crippen LogP contribution is 2.40. The molecule has 148 valence electrons. The Morgan fingerprint density at radius 2 is 1.79 bits per heavy atom. The number of benzene rings is 2. The SMILES string of the molecule is O[C@]1(c2ccc(Br)cc2)C[N+]2=C(CCCCC2)N1c1cccc(C(F)(F)F)c1. The molecule has 0 bridgehead atoms. The monoisotopic (exact) mass is 453 g/mol. The van der Waals surface area contributed by atoms with Gasteiger partial charge in [-0.15, -0.1) is 0 Å². The molecule has 3 nitrogen and oxygen atoms in total. The summed E-state index contributed by atoms with van der Waals surface area (Å²) in [6, 6.07) is 12.5. The van der Waals surface area contributed by atoms with Gasteiger partial charge in [-0.3, -0.25) is 4.58 Å². The molecule has 28 heavy (non-hydrogen) atoms. The van der Waals surface area contributed by atoms with E-state index in [0.29, 0.717) is 17.8 Å². The molecule has 2 aromatic carbocycles. The molecule has 2 heterocycles. The lowest BCUT2D eigenvalue weighted by Gasteiger charge is -2.29. The van der Waals surface area contributed by atoms with Gasteiger partial charge < -0.3 is 5.11 Å². The zero-order valence-electron chi connectivity index (χ0n) is 15.2. The molecule has 1 atom stereocenters. The smallest absolute Gasteiger partial charge is 0.346 e. The maximum Gasteiger partial charge on any atom is 0.416 e. The van der Waals surface area contributed by atoms with E-state index in [1.165, 1.54) is 6.07 Å². The standard InChI is InChI=1S/C21H21BrF3N2O/c22-17-10-8-15(9-11-17)20(28)14-26-12-3-1-2-7-19(26)27(20)18-6-4-5-16(13-18)21(23,24)25/h4-6,8-11,13,28H,1-3,7,12,14H2/q+1/t20-/m0/s1. The normalized spacial score (nSPS) is 23.0. The van der Waals surface area contributed by atoms with Crippen molar-refractivity contribution in [2.75, 3.05) is 18.0 Å². The number of hydrogen-bond donors (Lipinski definition) is 1. The lowest BCUT2D eigenvalue weighted by Crippen LogP contribution is -2.47. The van der Waals surface area contributed by atoms with Crippen molar-refractivity contribution in [3.8, 4) is 0 Å². The Morgan fingerprint density at radius 1 is 1.04 bits per heavy atom. The summed E-state index contributed by atoms with van der Waals surface area (Å²) in [7, 11) is 0. The van der Waals surface area contributed by atoms with Crippen LogP contribution in [0.25, 0.3) is 0 Å². The minimum absolute atomic E-state index is 0.334. The molecule has 2 aliphatic rings. The third-order valence-electron chi connectivity index (χ3n) is 5.47. The fourth-order valence-electron chi connectivity index (χ4n) is 4.14. The Kier molecular flexibility index (Phi) is 5.00. The van der Waals surface area contributed by atoms with Crippen LogP contribution in [0.5, 0.6) is 0 Å². The summed E-state index contributed by atoms with van der Waals surface area (Å²) < 4.78 is 42.9. The zero-order chi connectivity index (χ0) is 19.9. The van der Waals surface area contributed by atoms with E-state index < -0.39 is 17.5 Å². The van der Waals surface area contributed by atoms with E-state index in [0.717, 1.165) is 54.7 Å². The molecule has 0 saturated carbocycles. The molecule has 4 rings (SSSR count). The Morgan fingerprint density at radius 3 is 2.50 bits per heavy atom. The van der Waals surface area contributed by atoms with Crippen molar-refractivity contribution in [3.05, 3.63) is 64.1 Å².